The maximum absolute atomic E-state index is 12.8. The number of hydrogen-bond donors (Lipinski definition) is 2. The van der Waals surface area contributed by atoms with Crippen molar-refractivity contribution in [1.29, 1.82) is 0 Å². The largest absolute Gasteiger partial charge is 0.356 e. The molecule has 5 nitrogen and oxygen atoms in total. The molecule has 0 unspecified atom stereocenters. The smallest absolute Gasteiger partial charge is 0.322 e. The second kappa shape index (κ2) is 10.5. The van der Waals surface area contributed by atoms with E-state index in [-0.39, 0.29) is 18.0 Å². The molecule has 2 aromatic rings. The Hall–Kier alpha value is -2.82. The van der Waals surface area contributed by atoms with Gasteiger partial charge in [0, 0.05) is 18.3 Å². The van der Waals surface area contributed by atoms with Crippen LogP contribution in [0.25, 0.3) is 0 Å². The second-order valence-corrected chi connectivity index (χ2v) is 7.72. The highest BCUT2D eigenvalue weighted by molar-refractivity contribution is 5.92. The highest BCUT2D eigenvalue weighted by atomic mass is 16.2. The molecule has 0 aliphatic rings. The van der Waals surface area contributed by atoms with Crippen LogP contribution in [-0.2, 0) is 17.8 Å². The Morgan fingerprint density at radius 1 is 0.929 bits per heavy atom. The number of benzene rings is 2. The van der Waals surface area contributed by atoms with Crippen LogP contribution in [-0.4, -0.2) is 24.5 Å². The van der Waals surface area contributed by atoms with E-state index >= 15 is 0 Å². The van der Waals surface area contributed by atoms with E-state index in [9.17, 15) is 9.59 Å². The van der Waals surface area contributed by atoms with Crippen LogP contribution in [0.3, 0.4) is 0 Å². The molecule has 0 bridgehead atoms. The fourth-order valence-corrected chi connectivity index (χ4v) is 2.77. The fraction of sp³-hybridized carbons (Fsp3) is 0.391. The lowest BCUT2D eigenvalue weighted by molar-refractivity contribution is -0.120. The monoisotopic (exact) mass is 381 g/mol. The van der Waals surface area contributed by atoms with Gasteiger partial charge in [0.05, 0.1) is 13.0 Å². The molecule has 0 saturated heterocycles. The van der Waals surface area contributed by atoms with Gasteiger partial charge in [-0.1, -0.05) is 56.3 Å². The van der Waals surface area contributed by atoms with Gasteiger partial charge in [0.1, 0.15) is 0 Å². The standard InChI is InChI=1S/C23H31N3O2/c1-17(2)15-24-22(27)14-20-11-8-12-21(13-20)26(23(28)25-18(3)4)16-19-9-6-5-7-10-19/h5-13,17-18H,14-16H2,1-4H3,(H,24,27)(H,25,28). The van der Waals surface area contributed by atoms with Gasteiger partial charge >= 0.3 is 6.03 Å². The number of hydrogen-bond acceptors (Lipinski definition) is 2. The third kappa shape index (κ3) is 7.06. The molecule has 0 saturated carbocycles. The second-order valence-electron chi connectivity index (χ2n) is 7.72. The summed E-state index contributed by atoms with van der Waals surface area (Å²) in [6, 6.07) is 17.4. The SMILES string of the molecule is CC(C)CNC(=O)Cc1cccc(N(Cc2ccccc2)C(=O)NC(C)C)c1. The average Bonchev–Trinajstić information content (AvgIpc) is 2.65. The van der Waals surface area contributed by atoms with Crippen LogP contribution < -0.4 is 15.5 Å². The average molecular weight is 382 g/mol. The van der Waals surface area contributed by atoms with Crippen molar-refractivity contribution in [3.63, 3.8) is 0 Å². The van der Waals surface area contributed by atoms with Gasteiger partial charge < -0.3 is 10.6 Å². The molecule has 150 valence electrons. The number of urea groups is 1. The molecule has 0 aliphatic carbocycles. The van der Waals surface area contributed by atoms with Crippen LogP contribution in [0.2, 0.25) is 0 Å². The zero-order valence-electron chi connectivity index (χ0n) is 17.2. The number of nitrogens with one attached hydrogen (secondary N) is 2. The lowest BCUT2D eigenvalue weighted by Gasteiger charge is -2.25. The number of carbonyl (C=O) groups is 2. The molecular weight excluding hydrogens is 350 g/mol. The van der Waals surface area contributed by atoms with Crippen molar-refractivity contribution in [1.82, 2.24) is 10.6 Å². The van der Waals surface area contributed by atoms with Crippen LogP contribution in [0.5, 0.6) is 0 Å². The van der Waals surface area contributed by atoms with Gasteiger partial charge in [-0.3, -0.25) is 9.69 Å². The summed E-state index contributed by atoms with van der Waals surface area (Å²) < 4.78 is 0. The minimum atomic E-state index is -0.153. The van der Waals surface area contributed by atoms with E-state index in [4.69, 9.17) is 0 Å². The van der Waals surface area contributed by atoms with Gasteiger partial charge in [0.25, 0.3) is 0 Å². The highest BCUT2D eigenvalue weighted by Gasteiger charge is 2.18. The van der Waals surface area contributed by atoms with Crippen LogP contribution in [0.4, 0.5) is 10.5 Å². The van der Waals surface area contributed by atoms with Crippen molar-refractivity contribution in [3.8, 4) is 0 Å². The van der Waals surface area contributed by atoms with Gasteiger partial charge in [-0.25, -0.2) is 4.79 Å². The van der Waals surface area contributed by atoms with E-state index < -0.39 is 0 Å². The Morgan fingerprint density at radius 3 is 2.25 bits per heavy atom. The molecule has 0 aromatic heterocycles. The lowest BCUT2D eigenvalue weighted by Crippen LogP contribution is -2.42. The Balaban J connectivity index is 2.19. The number of carbonyl (C=O) groups excluding carboxylic acids is 2. The predicted molar refractivity (Wildman–Crippen MR) is 114 cm³/mol. The first-order valence-corrected chi connectivity index (χ1v) is 9.82. The van der Waals surface area contributed by atoms with Crippen LogP contribution >= 0.6 is 0 Å². The Kier molecular flexibility index (Phi) is 8.05. The molecular formula is C23H31N3O2. The van der Waals surface area contributed by atoms with E-state index in [0.29, 0.717) is 25.4 Å². The molecule has 0 aliphatic heterocycles. The minimum absolute atomic E-state index is 0.00732. The summed E-state index contributed by atoms with van der Waals surface area (Å²) >= 11 is 0. The highest BCUT2D eigenvalue weighted by Crippen LogP contribution is 2.20. The summed E-state index contributed by atoms with van der Waals surface area (Å²) in [5, 5.41) is 5.90. The van der Waals surface area contributed by atoms with Gasteiger partial charge in [-0.15, -0.1) is 0 Å². The van der Waals surface area contributed by atoms with Crippen LogP contribution in [0.15, 0.2) is 54.6 Å². The molecule has 0 radical (unpaired) electrons. The number of anilines is 1. The van der Waals surface area contributed by atoms with Crippen molar-refractivity contribution >= 4 is 17.6 Å². The quantitative estimate of drug-likeness (QED) is 0.722. The summed E-state index contributed by atoms with van der Waals surface area (Å²) in [5.74, 6) is 0.406. The summed E-state index contributed by atoms with van der Waals surface area (Å²) in [6.07, 6.45) is 0.297. The Labute approximate surface area is 168 Å². The third-order valence-electron chi connectivity index (χ3n) is 4.14. The van der Waals surface area contributed by atoms with Crippen molar-refractivity contribution in [3.05, 3.63) is 65.7 Å². The Bertz CT molecular complexity index is 772. The first-order valence-electron chi connectivity index (χ1n) is 9.82. The van der Waals surface area contributed by atoms with E-state index in [1.54, 1.807) is 4.90 Å². The van der Waals surface area contributed by atoms with Gasteiger partial charge in [-0.05, 0) is 43.0 Å². The molecule has 0 fully saturated rings. The zero-order valence-corrected chi connectivity index (χ0v) is 17.2. The van der Waals surface area contributed by atoms with Crippen molar-refractivity contribution in [2.24, 2.45) is 5.92 Å². The van der Waals surface area contributed by atoms with Gasteiger partial charge in [-0.2, -0.15) is 0 Å². The number of amides is 3. The molecule has 5 heteroatoms. The fourth-order valence-electron chi connectivity index (χ4n) is 2.77. The summed E-state index contributed by atoms with van der Waals surface area (Å²) in [6.45, 7) is 9.13. The zero-order chi connectivity index (χ0) is 20.5. The molecule has 2 N–H and O–H groups in total. The summed E-state index contributed by atoms with van der Waals surface area (Å²) in [7, 11) is 0. The molecule has 2 rings (SSSR count). The van der Waals surface area contributed by atoms with Crippen LogP contribution in [0.1, 0.15) is 38.8 Å². The topological polar surface area (TPSA) is 61.4 Å². The molecule has 0 atom stereocenters. The van der Waals surface area contributed by atoms with Gasteiger partial charge in [0.2, 0.25) is 5.91 Å². The molecule has 3 amide bonds. The molecule has 0 spiro atoms. The number of rotatable bonds is 8. The summed E-state index contributed by atoms with van der Waals surface area (Å²) in [4.78, 5) is 26.7. The first kappa shape index (κ1) is 21.5. The van der Waals surface area contributed by atoms with Crippen molar-refractivity contribution in [2.75, 3.05) is 11.4 Å². The molecule has 28 heavy (non-hydrogen) atoms. The van der Waals surface area contributed by atoms with Gasteiger partial charge in [0.15, 0.2) is 0 Å². The Morgan fingerprint density at radius 2 is 1.61 bits per heavy atom. The predicted octanol–water partition coefficient (Wildman–Crippen LogP) is 4.13. The van der Waals surface area contributed by atoms with E-state index in [0.717, 1.165) is 16.8 Å². The maximum atomic E-state index is 12.8. The van der Waals surface area contributed by atoms with E-state index in [1.807, 2.05) is 68.4 Å². The van der Waals surface area contributed by atoms with Crippen molar-refractivity contribution < 1.29 is 9.59 Å². The van der Waals surface area contributed by atoms with E-state index in [1.165, 1.54) is 0 Å². The minimum Gasteiger partial charge on any atom is -0.356 e. The van der Waals surface area contributed by atoms with E-state index in [2.05, 4.69) is 24.5 Å². The number of nitrogens with zero attached hydrogens (tertiary/aromatic N) is 1. The van der Waals surface area contributed by atoms with Crippen molar-refractivity contribution in [2.45, 2.75) is 46.7 Å². The molecule has 2 aromatic carbocycles. The summed E-state index contributed by atoms with van der Waals surface area (Å²) in [5.41, 5.74) is 2.70. The molecule has 0 heterocycles. The maximum Gasteiger partial charge on any atom is 0.322 e. The third-order valence-corrected chi connectivity index (χ3v) is 4.14. The first-order chi connectivity index (χ1) is 13.3. The lowest BCUT2D eigenvalue weighted by atomic mass is 10.1. The normalized spacial score (nSPS) is 10.8. The van der Waals surface area contributed by atoms with Crippen LogP contribution in [0, 0.1) is 5.92 Å².